The van der Waals surface area contributed by atoms with Crippen LogP contribution in [0.1, 0.15) is 1.43 Å². The Bertz CT molecular complexity index is 92.3. The molecule has 6 heteroatoms. The van der Waals surface area contributed by atoms with Gasteiger partial charge in [-0.1, -0.05) is 34.8 Å². The molecule has 0 aromatic carbocycles. The van der Waals surface area contributed by atoms with Crippen molar-refractivity contribution in [1.82, 2.24) is 0 Å². The van der Waals surface area contributed by atoms with Gasteiger partial charge in [0, 0.05) is 0 Å². The molecule has 0 heterocycles. The molecular formula is C2H2Cl3LiO2. The van der Waals surface area contributed by atoms with E-state index in [2.05, 4.69) is 0 Å². The van der Waals surface area contributed by atoms with E-state index in [9.17, 15) is 4.79 Å². The van der Waals surface area contributed by atoms with Crippen molar-refractivity contribution in [2.24, 2.45) is 0 Å². The van der Waals surface area contributed by atoms with Gasteiger partial charge in [-0.05, 0) is 0 Å². The number of hydrogen-bond acceptors (Lipinski definition) is 1. The monoisotopic (exact) mass is 170 g/mol. The van der Waals surface area contributed by atoms with Gasteiger partial charge < -0.3 is 6.53 Å². The molecule has 0 fully saturated rings. The molecule has 0 aliphatic heterocycles. The minimum atomic E-state index is -2.17. The fraction of sp³-hybridized carbons (Fsp3) is 0.500. The first kappa shape index (κ1) is 11.7. The van der Waals surface area contributed by atoms with Crippen molar-refractivity contribution in [2.45, 2.75) is 3.79 Å². The van der Waals surface area contributed by atoms with Crippen molar-refractivity contribution in [1.29, 1.82) is 0 Å². The molecule has 2 nitrogen and oxygen atoms in total. The van der Waals surface area contributed by atoms with Crippen molar-refractivity contribution in [3.05, 3.63) is 0 Å². The summed E-state index contributed by atoms with van der Waals surface area (Å²) in [6, 6.07) is 0. The number of halogens is 3. The summed E-state index contributed by atoms with van der Waals surface area (Å²) in [5.41, 5.74) is 0. The number of carbonyl (C=O) groups is 1. The minimum absolute atomic E-state index is 0. The van der Waals surface area contributed by atoms with Gasteiger partial charge in [-0.25, -0.2) is 4.79 Å². The zero-order valence-corrected chi connectivity index (χ0v) is 6.26. The zero-order chi connectivity index (χ0) is 6.08. The number of aliphatic carboxylic acids is 1. The van der Waals surface area contributed by atoms with Gasteiger partial charge in [-0.2, -0.15) is 0 Å². The van der Waals surface area contributed by atoms with Crippen LogP contribution in [-0.2, 0) is 4.79 Å². The topological polar surface area (TPSA) is 37.3 Å². The van der Waals surface area contributed by atoms with Crippen molar-refractivity contribution in [3.63, 3.8) is 0 Å². The number of hydrogen-bond donors (Lipinski definition) is 1. The van der Waals surface area contributed by atoms with Gasteiger partial charge in [-0.15, -0.1) is 0 Å². The van der Waals surface area contributed by atoms with Crippen molar-refractivity contribution in [2.75, 3.05) is 0 Å². The van der Waals surface area contributed by atoms with Crippen LogP contribution < -0.4 is 18.9 Å². The molecule has 0 amide bonds. The Morgan fingerprint density at radius 1 is 1.50 bits per heavy atom. The maximum absolute atomic E-state index is 9.62. The summed E-state index contributed by atoms with van der Waals surface area (Å²) < 4.78 is -2.17. The SMILES string of the molecule is O=C(O)C(Cl)(Cl)Cl.[H-].[Li+]. The molecule has 0 aromatic rings. The second-order valence-electron chi connectivity index (χ2n) is 0.803. The summed E-state index contributed by atoms with van der Waals surface area (Å²) in [4.78, 5) is 9.62. The van der Waals surface area contributed by atoms with E-state index in [1.165, 1.54) is 0 Å². The fourth-order valence-corrected chi connectivity index (χ4v) is 0. The van der Waals surface area contributed by atoms with E-state index in [0.717, 1.165) is 0 Å². The smallest absolute Gasteiger partial charge is 1.00 e. The Hall–Kier alpha value is 0.937. The molecule has 0 aliphatic rings. The first-order valence-electron chi connectivity index (χ1n) is 1.24. The summed E-state index contributed by atoms with van der Waals surface area (Å²) in [6.45, 7) is 0. The Labute approximate surface area is 74.8 Å². The van der Waals surface area contributed by atoms with Crippen LogP contribution in [-0.4, -0.2) is 14.9 Å². The predicted molar refractivity (Wildman–Crippen MR) is 29.0 cm³/mol. The molecule has 8 heavy (non-hydrogen) atoms. The summed E-state index contributed by atoms with van der Waals surface area (Å²) in [7, 11) is 0. The third kappa shape index (κ3) is 5.08. The Morgan fingerprint density at radius 2 is 1.62 bits per heavy atom. The molecule has 0 atom stereocenters. The van der Waals surface area contributed by atoms with Crippen LogP contribution in [0.4, 0.5) is 0 Å². The van der Waals surface area contributed by atoms with E-state index < -0.39 is 9.76 Å². The molecule has 0 saturated carbocycles. The molecule has 0 radical (unpaired) electrons. The molecule has 1 N–H and O–H groups in total. The molecule has 0 unspecified atom stereocenters. The summed E-state index contributed by atoms with van der Waals surface area (Å²) in [5.74, 6) is -1.46. The molecular weight excluding hydrogens is 169 g/mol. The van der Waals surface area contributed by atoms with E-state index in [1.807, 2.05) is 0 Å². The molecule has 0 saturated heterocycles. The minimum Gasteiger partial charge on any atom is -1.00 e. The second-order valence-corrected chi connectivity index (χ2v) is 3.08. The second kappa shape index (κ2) is 3.87. The molecule has 0 rings (SSSR count). The third-order valence-corrected chi connectivity index (χ3v) is 0.728. The number of rotatable bonds is 0. The third-order valence-electron chi connectivity index (χ3n) is 0.243. The van der Waals surface area contributed by atoms with E-state index in [4.69, 9.17) is 39.9 Å². The van der Waals surface area contributed by atoms with E-state index in [0.29, 0.717) is 0 Å². The Kier molecular flexibility index (Phi) is 5.66. The van der Waals surface area contributed by atoms with Gasteiger partial charge in [0.15, 0.2) is 0 Å². The summed E-state index contributed by atoms with van der Waals surface area (Å²) >= 11 is 14.4. The van der Waals surface area contributed by atoms with E-state index in [-0.39, 0.29) is 20.3 Å². The molecule has 0 aliphatic carbocycles. The quantitative estimate of drug-likeness (QED) is 0.358. The number of alkyl halides is 3. The van der Waals surface area contributed by atoms with Crippen LogP contribution in [0.15, 0.2) is 0 Å². The van der Waals surface area contributed by atoms with Gasteiger partial charge in [0.2, 0.25) is 0 Å². The maximum atomic E-state index is 9.62. The molecule has 0 bridgehead atoms. The van der Waals surface area contributed by atoms with Crippen LogP contribution in [0.5, 0.6) is 0 Å². The van der Waals surface area contributed by atoms with Crippen LogP contribution in [0.25, 0.3) is 0 Å². The van der Waals surface area contributed by atoms with Gasteiger partial charge in [-0.3, -0.25) is 0 Å². The van der Waals surface area contributed by atoms with Crippen LogP contribution in [0, 0.1) is 0 Å². The van der Waals surface area contributed by atoms with Crippen molar-refractivity contribution in [3.8, 4) is 0 Å². The largest absolute Gasteiger partial charge is 1.00 e. The first-order chi connectivity index (χ1) is 2.94. The Morgan fingerprint density at radius 3 is 1.62 bits per heavy atom. The van der Waals surface area contributed by atoms with Gasteiger partial charge >= 0.3 is 24.8 Å². The zero-order valence-electron chi connectivity index (χ0n) is 4.99. The standard InChI is InChI=1S/C2HCl3O2.Li.H/c3-2(4,5)1(6)7;;/h(H,6,7);;/q;+1;-1. The normalized spacial score (nSPS) is 9.88. The first-order valence-corrected chi connectivity index (χ1v) is 2.38. The van der Waals surface area contributed by atoms with Gasteiger partial charge in [0.25, 0.3) is 3.79 Å². The average molecular weight is 171 g/mol. The van der Waals surface area contributed by atoms with Crippen molar-refractivity contribution < 1.29 is 30.2 Å². The predicted octanol–water partition coefficient (Wildman–Crippen LogP) is -1.44. The fourth-order valence-electron chi connectivity index (χ4n) is 0. The van der Waals surface area contributed by atoms with Gasteiger partial charge in [0.05, 0.1) is 0 Å². The molecule has 44 valence electrons. The van der Waals surface area contributed by atoms with Crippen LogP contribution in [0.2, 0.25) is 0 Å². The molecule has 0 spiro atoms. The van der Waals surface area contributed by atoms with Crippen LogP contribution in [0.3, 0.4) is 0 Å². The van der Waals surface area contributed by atoms with Crippen LogP contribution >= 0.6 is 34.8 Å². The average Bonchev–Trinajstić information content (AvgIpc) is 1.31. The molecule has 0 aromatic heterocycles. The number of carboxylic acids is 1. The number of carboxylic acid groups (broad SMARTS) is 1. The summed E-state index contributed by atoms with van der Waals surface area (Å²) in [5, 5.41) is 7.85. The van der Waals surface area contributed by atoms with Gasteiger partial charge in [0.1, 0.15) is 0 Å². The van der Waals surface area contributed by atoms with E-state index >= 15 is 0 Å². The maximum Gasteiger partial charge on any atom is 1.00 e. The Balaban J connectivity index is -0.000000180. The summed E-state index contributed by atoms with van der Waals surface area (Å²) in [6.07, 6.45) is 0. The van der Waals surface area contributed by atoms with E-state index in [1.54, 1.807) is 0 Å². The van der Waals surface area contributed by atoms with Crippen molar-refractivity contribution >= 4 is 40.8 Å².